The molecule has 0 N–H and O–H groups in total. The van der Waals surface area contributed by atoms with E-state index >= 15 is 0 Å². The first-order valence-electron chi connectivity index (χ1n) is 3.13. The zero-order valence-electron chi connectivity index (χ0n) is 7.24. The van der Waals surface area contributed by atoms with Gasteiger partial charge in [0.25, 0.3) is 0 Å². The molecule has 0 spiro atoms. The molecule has 0 unspecified atom stereocenters. The van der Waals surface area contributed by atoms with Gasteiger partial charge >= 0.3 is 29.6 Å². The number of hydrogen-bond donors (Lipinski definition) is 0. The third kappa shape index (κ3) is 3.36. The number of benzene rings is 1. The van der Waals surface area contributed by atoms with Gasteiger partial charge in [0.15, 0.2) is 0 Å². The minimum Gasteiger partial charge on any atom is -0.744 e. The Kier molecular flexibility index (Phi) is 4.54. The van der Waals surface area contributed by atoms with Gasteiger partial charge in [-0.15, -0.1) is 0 Å². The molecule has 13 heavy (non-hydrogen) atoms. The van der Waals surface area contributed by atoms with Crippen LogP contribution in [0.2, 0.25) is 0 Å². The van der Waals surface area contributed by atoms with Gasteiger partial charge < -0.3 is 4.55 Å². The number of hydrogen-bond acceptors (Lipinski definition) is 3. The van der Waals surface area contributed by atoms with Crippen LogP contribution in [0.15, 0.2) is 23.1 Å². The summed E-state index contributed by atoms with van der Waals surface area (Å²) in [7, 11) is -4.55. The first-order valence-corrected chi connectivity index (χ1v) is 4.54. The van der Waals surface area contributed by atoms with Gasteiger partial charge in [0.1, 0.15) is 15.9 Å². The summed E-state index contributed by atoms with van der Waals surface area (Å²) < 4.78 is 43.9. The van der Waals surface area contributed by atoms with Gasteiger partial charge in [-0.3, -0.25) is 0 Å². The Morgan fingerprint density at radius 3 is 2.31 bits per heavy atom. The van der Waals surface area contributed by atoms with E-state index in [1.165, 1.54) is 13.0 Å². The summed E-state index contributed by atoms with van der Waals surface area (Å²) in [6.45, 7) is 1.43. The average Bonchev–Trinajstić information content (AvgIpc) is 1.92. The standard InChI is InChI=1S/C7H7FO3S.Na/c1-5-2-3-6(8)4-7(5)12(9,10)11;/h2-4H,1H3,(H,9,10,11);/q;+1/p-1. The Morgan fingerprint density at radius 2 is 1.92 bits per heavy atom. The van der Waals surface area contributed by atoms with Crippen molar-refractivity contribution in [3.05, 3.63) is 29.6 Å². The third-order valence-corrected chi connectivity index (χ3v) is 2.40. The molecule has 0 saturated heterocycles. The maximum Gasteiger partial charge on any atom is 1.00 e. The molecule has 1 aromatic carbocycles. The van der Waals surface area contributed by atoms with Crippen LogP contribution >= 0.6 is 0 Å². The van der Waals surface area contributed by atoms with Gasteiger partial charge in [0.2, 0.25) is 0 Å². The minimum atomic E-state index is -4.55. The molecule has 0 saturated carbocycles. The fourth-order valence-electron chi connectivity index (χ4n) is 0.843. The van der Waals surface area contributed by atoms with Crippen molar-refractivity contribution in [2.75, 3.05) is 0 Å². The van der Waals surface area contributed by atoms with Crippen LogP contribution in [0.3, 0.4) is 0 Å². The molecular weight excluding hydrogens is 206 g/mol. The quantitative estimate of drug-likeness (QED) is 0.401. The smallest absolute Gasteiger partial charge is 0.744 e. The SMILES string of the molecule is Cc1ccc(F)cc1S(=O)(=O)[O-].[Na+]. The molecule has 3 nitrogen and oxygen atoms in total. The number of aryl methyl sites for hydroxylation is 1. The van der Waals surface area contributed by atoms with E-state index in [0.29, 0.717) is 0 Å². The summed E-state index contributed by atoms with van der Waals surface area (Å²) >= 11 is 0. The van der Waals surface area contributed by atoms with Crippen molar-refractivity contribution in [1.82, 2.24) is 0 Å². The topological polar surface area (TPSA) is 57.2 Å². The van der Waals surface area contributed by atoms with E-state index in [1.807, 2.05) is 0 Å². The predicted molar refractivity (Wildman–Crippen MR) is 39.1 cm³/mol. The molecule has 0 amide bonds. The predicted octanol–water partition coefficient (Wildman–Crippen LogP) is -1.96. The Hall–Kier alpha value is 0.0600. The molecule has 0 atom stereocenters. The zero-order chi connectivity index (χ0) is 9.35. The summed E-state index contributed by atoms with van der Waals surface area (Å²) in [6.07, 6.45) is 0. The molecule has 0 heterocycles. The Morgan fingerprint density at radius 1 is 1.38 bits per heavy atom. The molecule has 0 aliphatic heterocycles. The van der Waals surface area contributed by atoms with E-state index in [-0.39, 0.29) is 35.1 Å². The third-order valence-electron chi connectivity index (χ3n) is 1.42. The molecule has 0 radical (unpaired) electrons. The fourth-order valence-corrected chi connectivity index (χ4v) is 1.56. The maximum absolute atomic E-state index is 12.5. The van der Waals surface area contributed by atoms with Crippen LogP contribution in [0.25, 0.3) is 0 Å². The van der Waals surface area contributed by atoms with Gasteiger partial charge in [-0.05, 0) is 24.6 Å². The van der Waals surface area contributed by atoms with Crippen molar-refractivity contribution >= 4 is 10.1 Å². The van der Waals surface area contributed by atoms with E-state index in [2.05, 4.69) is 0 Å². The number of rotatable bonds is 1. The molecule has 6 heteroatoms. The van der Waals surface area contributed by atoms with Crippen molar-refractivity contribution in [2.45, 2.75) is 11.8 Å². The van der Waals surface area contributed by atoms with Crippen LogP contribution in [-0.2, 0) is 10.1 Å². The Labute approximate surface area is 98.0 Å². The van der Waals surface area contributed by atoms with E-state index in [0.717, 1.165) is 12.1 Å². The van der Waals surface area contributed by atoms with Crippen molar-refractivity contribution in [2.24, 2.45) is 0 Å². The normalized spacial score (nSPS) is 10.7. The van der Waals surface area contributed by atoms with Crippen LogP contribution in [0, 0.1) is 12.7 Å². The van der Waals surface area contributed by atoms with Gasteiger partial charge in [0, 0.05) is 0 Å². The maximum atomic E-state index is 12.5. The molecule has 1 rings (SSSR count). The Bertz CT molecular complexity index is 402. The molecule has 0 aromatic heterocycles. The van der Waals surface area contributed by atoms with Crippen molar-refractivity contribution in [1.29, 1.82) is 0 Å². The van der Waals surface area contributed by atoms with Crippen molar-refractivity contribution in [3.8, 4) is 0 Å². The molecule has 1 aromatic rings. The van der Waals surface area contributed by atoms with Crippen LogP contribution in [0.4, 0.5) is 4.39 Å². The summed E-state index contributed by atoms with van der Waals surface area (Å²) in [6, 6.07) is 3.07. The van der Waals surface area contributed by atoms with E-state index in [9.17, 15) is 17.4 Å². The van der Waals surface area contributed by atoms with Gasteiger partial charge in [-0.1, -0.05) is 6.07 Å². The molecular formula is C7H6FNaO3S. The first kappa shape index (κ1) is 13.1. The average molecular weight is 212 g/mol. The van der Waals surface area contributed by atoms with E-state index in [1.54, 1.807) is 0 Å². The fraction of sp³-hybridized carbons (Fsp3) is 0.143. The summed E-state index contributed by atoms with van der Waals surface area (Å²) in [4.78, 5) is -0.498. The number of halogens is 1. The van der Waals surface area contributed by atoms with E-state index < -0.39 is 20.8 Å². The largest absolute Gasteiger partial charge is 1.00 e. The van der Waals surface area contributed by atoms with E-state index in [4.69, 9.17) is 0 Å². The first-order chi connectivity index (χ1) is 5.41. The van der Waals surface area contributed by atoms with Crippen molar-refractivity contribution in [3.63, 3.8) is 0 Å². The summed E-state index contributed by atoms with van der Waals surface area (Å²) in [5.74, 6) is -0.727. The van der Waals surface area contributed by atoms with Crippen LogP contribution in [-0.4, -0.2) is 13.0 Å². The molecule has 0 aliphatic rings. The molecule has 66 valence electrons. The zero-order valence-corrected chi connectivity index (χ0v) is 10.1. The van der Waals surface area contributed by atoms with Gasteiger partial charge in [-0.2, -0.15) is 0 Å². The van der Waals surface area contributed by atoms with Gasteiger partial charge in [-0.25, -0.2) is 12.8 Å². The summed E-state index contributed by atoms with van der Waals surface area (Å²) in [5.41, 5.74) is 0.256. The summed E-state index contributed by atoms with van der Waals surface area (Å²) in [5, 5.41) is 0. The van der Waals surface area contributed by atoms with Crippen LogP contribution < -0.4 is 29.6 Å². The Balaban J connectivity index is 0.00000144. The molecule has 0 fully saturated rings. The second-order valence-electron chi connectivity index (χ2n) is 2.36. The molecule has 0 aliphatic carbocycles. The minimum absolute atomic E-state index is 0. The van der Waals surface area contributed by atoms with Gasteiger partial charge in [0.05, 0.1) is 4.90 Å². The van der Waals surface area contributed by atoms with Crippen LogP contribution in [0.5, 0.6) is 0 Å². The van der Waals surface area contributed by atoms with Crippen molar-refractivity contribution < 1.29 is 46.9 Å². The second kappa shape index (κ2) is 4.52. The molecule has 0 bridgehead atoms. The second-order valence-corrected chi connectivity index (χ2v) is 3.71. The monoisotopic (exact) mass is 212 g/mol. The van der Waals surface area contributed by atoms with Crippen LogP contribution in [0.1, 0.15) is 5.56 Å².